The molecule has 0 aliphatic carbocycles. The van der Waals surface area contributed by atoms with Crippen molar-refractivity contribution < 1.29 is 9.63 Å². The van der Waals surface area contributed by atoms with Crippen LogP contribution in [0, 0.1) is 0 Å². The van der Waals surface area contributed by atoms with Crippen LogP contribution >= 0.6 is 0 Å². The third kappa shape index (κ3) is 3.08. The smallest absolute Gasteiger partial charge is 0.266 e. The summed E-state index contributed by atoms with van der Waals surface area (Å²) >= 11 is 0. The molecular weight excluding hydrogens is 266 g/mol. The number of piperazine rings is 1. The van der Waals surface area contributed by atoms with Crippen molar-refractivity contribution in [2.45, 2.75) is 19.4 Å². The van der Waals surface area contributed by atoms with Crippen molar-refractivity contribution in [2.24, 2.45) is 5.16 Å². The second kappa shape index (κ2) is 6.26. The fourth-order valence-corrected chi connectivity index (χ4v) is 2.80. The maximum Gasteiger partial charge on any atom is 0.266 e. The van der Waals surface area contributed by atoms with Crippen LogP contribution in [0.1, 0.15) is 18.9 Å². The van der Waals surface area contributed by atoms with Crippen LogP contribution in [0.25, 0.3) is 0 Å². The largest absolute Gasteiger partial charge is 0.382 e. The average Bonchev–Trinajstić information content (AvgIpc) is 3.05. The number of oxime groups is 1. The van der Waals surface area contributed by atoms with Gasteiger partial charge in [0.2, 0.25) is 6.10 Å². The van der Waals surface area contributed by atoms with Crippen molar-refractivity contribution in [3.63, 3.8) is 0 Å². The Hall–Kier alpha value is -1.88. The molecule has 1 atom stereocenters. The monoisotopic (exact) mass is 287 g/mol. The molecule has 1 amide bonds. The topological polar surface area (TPSA) is 45.1 Å². The van der Waals surface area contributed by atoms with Crippen LogP contribution in [-0.4, -0.2) is 60.2 Å². The number of amides is 1. The van der Waals surface area contributed by atoms with E-state index in [2.05, 4.69) is 17.0 Å². The second-order valence-corrected chi connectivity index (χ2v) is 5.46. The van der Waals surface area contributed by atoms with Gasteiger partial charge in [0.25, 0.3) is 5.91 Å². The molecule has 2 aliphatic heterocycles. The van der Waals surface area contributed by atoms with Crippen LogP contribution in [0.15, 0.2) is 35.5 Å². The molecule has 0 aromatic heterocycles. The molecule has 1 aromatic rings. The SMILES string of the molecule is CCN1CCN(C(=O)[C@@H]2CC(c3ccccc3)=NO2)CC1. The summed E-state index contributed by atoms with van der Waals surface area (Å²) in [5.74, 6) is 0.0698. The van der Waals surface area contributed by atoms with Crippen molar-refractivity contribution in [1.29, 1.82) is 0 Å². The lowest BCUT2D eigenvalue weighted by Crippen LogP contribution is -2.51. The van der Waals surface area contributed by atoms with Gasteiger partial charge in [-0.05, 0) is 12.1 Å². The summed E-state index contributed by atoms with van der Waals surface area (Å²) in [4.78, 5) is 22.1. The van der Waals surface area contributed by atoms with E-state index in [9.17, 15) is 4.79 Å². The van der Waals surface area contributed by atoms with Gasteiger partial charge < -0.3 is 14.6 Å². The molecule has 0 radical (unpaired) electrons. The minimum Gasteiger partial charge on any atom is -0.382 e. The average molecular weight is 287 g/mol. The number of likely N-dealkylation sites (N-methyl/N-ethyl adjacent to an activating group) is 1. The number of nitrogens with zero attached hydrogens (tertiary/aromatic N) is 3. The number of benzene rings is 1. The van der Waals surface area contributed by atoms with Crippen molar-refractivity contribution in [3.8, 4) is 0 Å². The molecule has 2 aliphatic rings. The summed E-state index contributed by atoms with van der Waals surface area (Å²) in [5, 5.41) is 4.09. The highest BCUT2D eigenvalue weighted by atomic mass is 16.6. The Balaban J connectivity index is 1.57. The summed E-state index contributed by atoms with van der Waals surface area (Å²) in [6, 6.07) is 9.90. The normalized spacial score (nSPS) is 22.8. The molecule has 21 heavy (non-hydrogen) atoms. The first-order chi connectivity index (χ1) is 10.3. The lowest BCUT2D eigenvalue weighted by Gasteiger charge is -2.34. The minimum absolute atomic E-state index is 0.0698. The van der Waals surface area contributed by atoms with Crippen LogP contribution in [0.4, 0.5) is 0 Å². The summed E-state index contributed by atoms with van der Waals surface area (Å²) in [7, 11) is 0. The van der Waals surface area contributed by atoms with Gasteiger partial charge >= 0.3 is 0 Å². The first-order valence-electron chi connectivity index (χ1n) is 7.57. The molecule has 0 spiro atoms. The lowest BCUT2D eigenvalue weighted by atomic mass is 10.0. The third-order valence-corrected chi connectivity index (χ3v) is 4.18. The maximum absolute atomic E-state index is 12.5. The standard InChI is InChI=1S/C16H21N3O2/c1-2-18-8-10-19(11-9-18)16(20)15-12-14(17-21-15)13-6-4-3-5-7-13/h3-7,15H,2,8-12H2,1H3/t15-/m0/s1. The zero-order valence-electron chi connectivity index (χ0n) is 12.4. The van der Waals surface area contributed by atoms with Gasteiger partial charge in [-0.2, -0.15) is 0 Å². The maximum atomic E-state index is 12.5. The Labute approximate surface area is 125 Å². The molecule has 0 unspecified atom stereocenters. The van der Waals surface area contributed by atoms with Crippen molar-refractivity contribution in [1.82, 2.24) is 9.80 Å². The number of hydrogen-bond donors (Lipinski definition) is 0. The van der Waals surface area contributed by atoms with Gasteiger partial charge in [-0.3, -0.25) is 4.79 Å². The number of carbonyl (C=O) groups excluding carboxylic acids is 1. The number of hydrogen-bond acceptors (Lipinski definition) is 4. The summed E-state index contributed by atoms with van der Waals surface area (Å²) in [6.45, 7) is 6.66. The highest BCUT2D eigenvalue weighted by Gasteiger charge is 2.33. The Kier molecular flexibility index (Phi) is 4.20. The second-order valence-electron chi connectivity index (χ2n) is 5.46. The molecule has 112 valence electrons. The Bertz CT molecular complexity index is 522. The fraction of sp³-hybridized carbons (Fsp3) is 0.500. The van der Waals surface area contributed by atoms with Crippen molar-refractivity contribution >= 4 is 11.6 Å². The zero-order chi connectivity index (χ0) is 14.7. The summed E-state index contributed by atoms with van der Waals surface area (Å²) in [6.07, 6.45) is 0.116. The van der Waals surface area contributed by atoms with Gasteiger partial charge in [-0.1, -0.05) is 42.4 Å². The Morgan fingerprint density at radius 3 is 2.62 bits per heavy atom. The first kappa shape index (κ1) is 14.1. The molecule has 0 bridgehead atoms. The van der Waals surface area contributed by atoms with Gasteiger partial charge in [0.1, 0.15) is 0 Å². The van der Waals surface area contributed by atoms with Gasteiger partial charge in [0.15, 0.2) is 0 Å². The van der Waals surface area contributed by atoms with E-state index in [4.69, 9.17) is 4.84 Å². The molecule has 5 heteroatoms. The Morgan fingerprint density at radius 1 is 1.24 bits per heavy atom. The van der Waals surface area contributed by atoms with Crippen molar-refractivity contribution in [2.75, 3.05) is 32.7 Å². The lowest BCUT2D eigenvalue weighted by molar-refractivity contribution is -0.143. The van der Waals surface area contributed by atoms with E-state index in [-0.39, 0.29) is 5.91 Å². The zero-order valence-corrected chi connectivity index (χ0v) is 12.4. The number of rotatable bonds is 3. The molecule has 1 saturated heterocycles. The van der Waals surface area contributed by atoms with Crippen LogP contribution < -0.4 is 0 Å². The van der Waals surface area contributed by atoms with Gasteiger partial charge in [-0.25, -0.2) is 0 Å². The molecule has 2 heterocycles. The first-order valence-corrected chi connectivity index (χ1v) is 7.57. The number of carbonyl (C=O) groups is 1. The quantitative estimate of drug-likeness (QED) is 0.843. The predicted octanol–water partition coefficient (Wildman–Crippen LogP) is 1.34. The Morgan fingerprint density at radius 2 is 1.95 bits per heavy atom. The fourth-order valence-electron chi connectivity index (χ4n) is 2.80. The summed E-state index contributed by atoms with van der Waals surface area (Å²) < 4.78 is 0. The van der Waals surface area contributed by atoms with Crippen LogP contribution in [-0.2, 0) is 9.63 Å². The highest BCUT2D eigenvalue weighted by Crippen LogP contribution is 2.19. The molecule has 3 rings (SSSR count). The van der Waals surface area contributed by atoms with Gasteiger partial charge in [-0.15, -0.1) is 0 Å². The van der Waals surface area contributed by atoms with Crippen LogP contribution in [0.5, 0.6) is 0 Å². The highest BCUT2D eigenvalue weighted by molar-refractivity contribution is 6.04. The van der Waals surface area contributed by atoms with E-state index < -0.39 is 6.10 Å². The van der Waals surface area contributed by atoms with Crippen LogP contribution in [0.3, 0.4) is 0 Å². The molecule has 0 saturated carbocycles. The molecule has 1 fully saturated rings. The van der Waals surface area contributed by atoms with Crippen LogP contribution in [0.2, 0.25) is 0 Å². The van der Waals surface area contributed by atoms with Crippen molar-refractivity contribution in [3.05, 3.63) is 35.9 Å². The molecule has 5 nitrogen and oxygen atoms in total. The van der Waals surface area contributed by atoms with E-state index >= 15 is 0 Å². The molecule has 1 aromatic carbocycles. The van der Waals surface area contributed by atoms with E-state index in [0.29, 0.717) is 6.42 Å². The van der Waals surface area contributed by atoms with E-state index in [1.54, 1.807) is 0 Å². The summed E-state index contributed by atoms with van der Waals surface area (Å²) in [5.41, 5.74) is 1.89. The third-order valence-electron chi connectivity index (χ3n) is 4.18. The minimum atomic E-state index is -0.451. The van der Waals surface area contributed by atoms with Gasteiger partial charge in [0.05, 0.1) is 5.71 Å². The molecule has 0 N–H and O–H groups in total. The molecular formula is C16H21N3O2. The van der Waals surface area contributed by atoms with E-state index in [1.165, 1.54) is 0 Å². The van der Waals surface area contributed by atoms with Gasteiger partial charge in [0, 0.05) is 32.6 Å². The van der Waals surface area contributed by atoms with E-state index in [0.717, 1.165) is 44.0 Å². The van der Waals surface area contributed by atoms with E-state index in [1.807, 2.05) is 35.2 Å². The predicted molar refractivity (Wildman–Crippen MR) is 81.2 cm³/mol.